The number of nitrogens with one attached hydrogen (secondary N) is 1. The minimum Gasteiger partial charge on any atom is -0.477 e. The third kappa shape index (κ3) is 2.80. The molecule has 0 aliphatic heterocycles. The van der Waals surface area contributed by atoms with Crippen molar-refractivity contribution in [2.45, 2.75) is 44.0 Å². The highest BCUT2D eigenvalue weighted by Crippen LogP contribution is 2.35. The van der Waals surface area contributed by atoms with Gasteiger partial charge in [-0.05, 0) is 26.7 Å². The molecule has 2 rings (SSSR count). The maximum absolute atomic E-state index is 12.8. The van der Waals surface area contributed by atoms with Gasteiger partial charge in [-0.2, -0.15) is 9.57 Å². The molecule has 114 valence electrons. The molecule has 0 amide bonds. The van der Waals surface area contributed by atoms with Crippen LogP contribution in [0.3, 0.4) is 0 Å². The first kappa shape index (κ1) is 15.5. The lowest BCUT2D eigenvalue weighted by Crippen LogP contribution is -2.34. The first-order chi connectivity index (χ1) is 9.80. The summed E-state index contributed by atoms with van der Waals surface area (Å²) in [6, 6.07) is 1.87. The van der Waals surface area contributed by atoms with Crippen LogP contribution < -0.4 is 0 Å². The fraction of sp³-hybridized carbons (Fsp3) is 0.538. The summed E-state index contributed by atoms with van der Waals surface area (Å²) in [6.45, 7) is 3.16. The zero-order chi connectivity index (χ0) is 15.8. The number of H-pyrrole nitrogens is 1. The van der Waals surface area contributed by atoms with Crippen LogP contribution in [0.4, 0.5) is 0 Å². The maximum Gasteiger partial charge on any atom is 0.352 e. The van der Waals surface area contributed by atoms with E-state index in [0.29, 0.717) is 5.69 Å². The maximum atomic E-state index is 12.8. The largest absolute Gasteiger partial charge is 0.477 e. The van der Waals surface area contributed by atoms with Crippen LogP contribution in [0, 0.1) is 25.2 Å². The molecule has 0 aromatic carbocycles. The fourth-order valence-electron chi connectivity index (χ4n) is 2.47. The van der Waals surface area contributed by atoms with E-state index < -0.39 is 16.0 Å². The highest BCUT2D eigenvalue weighted by Gasteiger charge is 2.40. The summed E-state index contributed by atoms with van der Waals surface area (Å²) in [5.41, 5.74) is 0.414. The van der Waals surface area contributed by atoms with E-state index in [1.807, 2.05) is 6.07 Å². The predicted molar refractivity (Wildman–Crippen MR) is 74.4 cm³/mol. The van der Waals surface area contributed by atoms with E-state index in [4.69, 9.17) is 10.4 Å². The third-order valence-corrected chi connectivity index (χ3v) is 5.77. The molecule has 2 N–H and O–H groups in total. The number of aryl methyl sites for hydroxylation is 1. The van der Waals surface area contributed by atoms with Crippen molar-refractivity contribution in [1.29, 1.82) is 5.26 Å². The Balaban J connectivity index is 2.48. The van der Waals surface area contributed by atoms with Crippen molar-refractivity contribution in [2.24, 2.45) is 0 Å². The first-order valence-corrected chi connectivity index (χ1v) is 8.06. The van der Waals surface area contributed by atoms with Crippen LogP contribution in [-0.4, -0.2) is 41.4 Å². The second-order valence-electron chi connectivity index (χ2n) is 5.14. The smallest absolute Gasteiger partial charge is 0.352 e. The summed E-state index contributed by atoms with van der Waals surface area (Å²) in [5.74, 6) is -1.19. The lowest BCUT2D eigenvalue weighted by molar-refractivity contribution is 0.0690. The van der Waals surface area contributed by atoms with Gasteiger partial charge in [-0.15, -0.1) is 0 Å². The Labute approximate surface area is 123 Å². The quantitative estimate of drug-likeness (QED) is 0.824. The predicted octanol–water partition coefficient (Wildman–Crippen LogP) is 1.40. The Bertz CT molecular complexity index is 711. The minimum atomic E-state index is -3.80. The number of hydrogen-bond donors (Lipinski definition) is 2. The van der Waals surface area contributed by atoms with Gasteiger partial charge in [0.1, 0.15) is 10.6 Å². The average molecular weight is 311 g/mol. The van der Waals surface area contributed by atoms with E-state index in [-0.39, 0.29) is 35.2 Å². The van der Waals surface area contributed by atoms with Crippen LogP contribution in [0.5, 0.6) is 0 Å². The summed E-state index contributed by atoms with van der Waals surface area (Å²) in [5, 5.41) is 17.8. The van der Waals surface area contributed by atoms with Crippen LogP contribution in [-0.2, 0) is 10.0 Å². The van der Waals surface area contributed by atoms with Crippen molar-refractivity contribution in [3.05, 3.63) is 17.0 Å². The molecule has 0 unspecified atom stereocenters. The van der Waals surface area contributed by atoms with Crippen molar-refractivity contribution in [2.75, 3.05) is 6.54 Å². The molecular weight excluding hydrogens is 294 g/mol. The van der Waals surface area contributed by atoms with Crippen molar-refractivity contribution < 1.29 is 18.3 Å². The summed E-state index contributed by atoms with van der Waals surface area (Å²) in [4.78, 5) is 13.8. The summed E-state index contributed by atoms with van der Waals surface area (Å²) < 4.78 is 26.9. The van der Waals surface area contributed by atoms with Gasteiger partial charge in [0, 0.05) is 30.3 Å². The van der Waals surface area contributed by atoms with E-state index in [1.54, 1.807) is 6.92 Å². The number of carbonyl (C=O) groups is 1. The normalized spacial score (nSPS) is 15.1. The highest BCUT2D eigenvalue weighted by atomic mass is 32.2. The van der Waals surface area contributed by atoms with Gasteiger partial charge in [0.25, 0.3) is 0 Å². The number of aromatic nitrogens is 1. The molecule has 0 radical (unpaired) electrons. The molecule has 1 aliphatic rings. The van der Waals surface area contributed by atoms with Gasteiger partial charge in [-0.25, -0.2) is 13.2 Å². The van der Waals surface area contributed by atoms with Crippen molar-refractivity contribution in [1.82, 2.24) is 9.29 Å². The number of carboxylic acids is 1. The van der Waals surface area contributed by atoms with Gasteiger partial charge in [0.15, 0.2) is 0 Å². The summed E-state index contributed by atoms with van der Waals surface area (Å²) in [6.07, 6.45) is 1.67. The molecular formula is C13H17N3O4S. The molecule has 0 atom stereocenters. The van der Waals surface area contributed by atoms with E-state index in [2.05, 4.69) is 4.98 Å². The Morgan fingerprint density at radius 3 is 2.52 bits per heavy atom. The molecule has 1 aromatic rings. The Hall–Kier alpha value is -1.85. The molecule has 21 heavy (non-hydrogen) atoms. The standard InChI is InChI=1S/C13H17N3O4S/c1-8-11(13(17)18)15-9(2)12(8)21(19,20)16(7-3-6-14)10-4-5-10/h10,15H,3-5,7H2,1-2H3,(H,17,18). The molecule has 1 heterocycles. The Kier molecular flexibility index (Phi) is 4.07. The molecule has 7 nitrogen and oxygen atoms in total. The number of rotatable bonds is 6. The van der Waals surface area contributed by atoms with E-state index in [9.17, 15) is 13.2 Å². The Morgan fingerprint density at radius 1 is 1.48 bits per heavy atom. The molecule has 8 heteroatoms. The topological polar surface area (TPSA) is 114 Å². The second-order valence-corrected chi connectivity index (χ2v) is 6.97. The third-order valence-electron chi connectivity index (χ3n) is 3.55. The molecule has 1 aliphatic carbocycles. The molecule has 0 bridgehead atoms. The zero-order valence-corrected chi connectivity index (χ0v) is 12.7. The number of sulfonamides is 1. The number of aromatic amines is 1. The average Bonchev–Trinajstić information content (AvgIpc) is 3.15. The second kappa shape index (κ2) is 5.50. The van der Waals surface area contributed by atoms with Crippen LogP contribution >= 0.6 is 0 Å². The van der Waals surface area contributed by atoms with Crippen LogP contribution in [0.15, 0.2) is 4.90 Å². The summed E-state index contributed by atoms with van der Waals surface area (Å²) >= 11 is 0. The van der Waals surface area contributed by atoms with Crippen molar-refractivity contribution >= 4 is 16.0 Å². The van der Waals surface area contributed by atoms with Crippen molar-refractivity contribution in [3.63, 3.8) is 0 Å². The lowest BCUT2D eigenvalue weighted by Gasteiger charge is -2.21. The van der Waals surface area contributed by atoms with Gasteiger partial charge in [-0.3, -0.25) is 0 Å². The highest BCUT2D eigenvalue weighted by molar-refractivity contribution is 7.89. The number of carboxylic acid groups (broad SMARTS) is 1. The van der Waals surface area contributed by atoms with Crippen LogP contribution in [0.1, 0.15) is 41.0 Å². The zero-order valence-electron chi connectivity index (χ0n) is 11.9. The lowest BCUT2D eigenvalue weighted by atomic mass is 10.2. The van der Waals surface area contributed by atoms with E-state index in [1.165, 1.54) is 11.2 Å². The molecule has 0 saturated heterocycles. The molecule has 1 fully saturated rings. The van der Waals surface area contributed by atoms with Gasteiger partial charge in [-0.1, -0.05) is 0 Å². The number of aromatic carboxylic acids is 1. The van der Waals surface area contributed by atoms with E-state index in [0.717, 1.165) is 12.8 Å². The van der Waals surface area contributed by atoms with Gasteiger partial charge in [0.05, 0.1) is 6.07 Å². The number of nitrogens with zero attached hydrogens (tertiary/aromatic N) is 2. The molecule has 0 spiro atoms. The van der Waals surface area contributed by atoms with Crippen molar-refractivity contribution in [3.8, 4) is 6.07 Å². The Morgan fingerprint density at radius 2 is 2.10 bits per heavy atom. The van der Waals surface area contributed by atoms with Crippen LogP contribution in [0.25, 0.3) is 0 Å². The summed E-state index contributed by atoms with van der Waals surface area (Å²) in [7, 11) is -3.80. The first-order valence-electron chi connectivity index (χ1n) is 6.62. The van der Waals surface area contributed by atoms with Gasteiger partial charge >= 0.3 is 5.97 Å². The molecule has 1 aromatic heterocycles. The monoisotopic (exact) mass is 311 g/mol. The number of nitriles is 1. The van der Waals surface area contributed by atoms with E-state index >= 15 is 0 Å². The SMILES string of the molecule is Cc1[nH]c(C(=O)O)c(C)c1S(=O)(=O)N(CCC#N)C1CC1. The van der Waals surface area contributed by atoms with Gasteiger partial charge in [0.2, 0.25) is 10.0 Å². The number of hydrogen-bond acceptors (Lipinski definition) is 4. The fourth-order valence-corrected chi connectivity index (χ4v) is 4.57. The van der Waals surface area contributed by atoms with Crippen LogP contribution in [0.2, 0.25) is 0 Å². The minimum absolute atomic E-state index is 0.0183. The molecule has 1 saturated carbocycles. The van der Waals surface area contributed by atoms with Gasteiger partial charge < -0.3 is 10.1 Å².